The van der Waals surface area contributed by atoms with Gasteiger partial charge in [0.15, 0.2) is 0 Å². The van der Waals surface area contributed by atoms with Crippen LogP contribution in [-0.2, 0) is 0 Å². The minimum Gasteiger partial charge on any atom is -0.507 e. The Kier molecular flexibility index (Phi) is 5.89. The van der Waals surface area contributed by atoms with Crippen molar-refractivity contribution < 1.29 is 14.9 Å². The quantitative estimate of drug-likeness (QED) is 0.670. The molecule has 3 N–H and O–H groups in total. The molecule has 24 heavy (non-hydrogen) atoms. The third kappa shape index (κ3) is 4.36. The molecule has 0 saturated carbocycles. The van der Waals surface area contributed by atoms with Crippen LogP contribution < -0.4 is 9.80 Å². The maximum absolute atomic E-state index is 9.91. The van der Waals surface area contributed by atoms with Gasteiger partial charge in [-0.05, 0) is 29.6 Å². The first-order chi connectivity index (χ1) is 11.6. The molecule has 0 radical (unpaired) electrons. The van der Waals surface area contributed by atoms with Gasteiger partial charge in [-0.3, -0.25) is 4.99 Å². The Morgan fingerprint density at radius 1 is 1.29 bits per heavy atom. The lowest BCUT2D eigenvalue weighted by Gasteiger charge is -2.32. The second-order valence-electron chi connectivity index (χ2n) is 6.38. The number of thiophene rings is 1. The van der Waals surface area contributed by atoms with E-state index in [9.17, 15) is 5.11 Å². The van der Waals surface area contributed by atoms with Crippen LogP contribution in [0.15, 0.2) is 40.7 Å². The molecule has 3 rings (SSSR count). The molecule has 0 amide bonds. The predicted molar refractivity (Wildman–Crippen MR) is 100.0 cm³/mol. The second kappa shape index (κ2) is 8.12. The molecule has 1 fully saturated rings. The normalized spacial score (nSPS) is 22.8. The van der Waals surface area contributed by atoms with E-state index in [0.717, 1.165) is 6.54 Å². The summed E-state index contributed by atoms with van der Waals surface area (Å²) in [6.07, 6.45) is 1.74. The first-order valence-electron chi connectivity index (χ1n) is 8.31. The summed E-state index contributed by atoms with van der Waals surface area (Å²) >= 11 is 7.80. The van der Waals surface area contributed by atoms with Gasteiger partial charge >= 0.3 is 0 Å². The fourth-order valence-corrected chi connectivity index (χ4v) is 4.20. The molecule has 0 unspecified atom stereocenters. The van der Waals surface area contributed by atoms with Crippen LogP contribution in [0.5, 0.6) is 5.75 Å². The zero-order chi connectivity index (χ0) is 16.9. The van der Waals surface area contributed by atoms with Crippen molar-refractivity contribution in [3.63, 3.8) is 0 Å². The number of piperazine rings is 1. The van der Waals surface area contributed by atoms with Gasteiger partial charge in [-0.15, -0.1) is 11.3 Å². The van der Waals surface area contributed by atoms with Crippen LogP contribution in [-0.4, -0.2) is 51.1 Å². The highest BCUT2D eigenvalue weighted by molar-refractivity contribution is 7.10. The lowest BCUT2D eigenvalue weighted by Crippen LogP contribution is -3.27. The Balaban J connectivity index is 1.72. The summed E-state index contributed by atoms with van der Waals surface area (Å²) in [5.41, 5.74) is 0.672. The van der Waals surface area contributed by atoms with Gasteiger partial charge in [0.05, 0.1) is 18.5 Å². The van der Waals surface area contributed by atoms with E-state index >= 15 is 0 Å². The summed E-state index contributed by atoms with van der Waals surface area (Å²) in [5.74, 6) is 0.214. The molecule has 1 aromatic carbocycles. The molecule has 1 atom stereocenters. The molecule has 4 nitrogen and oxygen atoms in total. The molecule has 1 aliphatic rings. The van der Waals surface area contributed by atoms with Crippen LogP contribution in [0.1, 0.15) is 16.5 Å². The van der Waals surface area contributed by atoms with Crippen LogP contribution in [0.25, 0.3) is 0 Å². The van der Waals surface area contributed by atoms with Crippen molar-refractivity contribution in [1.82, 2.24) is 0 Å². The van der Waals surface area contributed by atoms with Crippen molar-refractivity contribution in [2.45, 2.75) is 6.04 Å². The van der Waals surface area contributed by atoms with Gasteiger partial charge in [0.2, 0.25) is 0 Å². The van der Waals surface area contributed by atoms with Gasteiger partial charge in [-0.1, -0.05) is 17.7 Å². The van der Waals surface area contributed by atoms with Crippen molar-refractivity contribution in [3.8, 4) is 5.75 Å². The first kappa shape index (κ1) is 17.4. The molecule has 0 aliphatic carbocycles. The summed E-state index contributed by atoms with van der Waals surface area (Å²) in [4.78, 5) is 9.23. The number of phenolic OH excluding ortho intramolecular Hbond substituents is 1. The third-order valence-corrected chi connectivity index (χ3v) is 5.85. The van der Waals surface area contributed by atoms with Gasteiger partial charge in [-0.25, -0.2) is 0 Å². The molecule has 128 valence electrons. The summed E-state index contributed by atoms with van der Waals surface area (Å²) in [7, 11) is 2.26. The molecule has 0 spiro atoms. The van der Waals surface area contributed by atoms with Crippen molar-refractivity contribution in [2.24, 2.45) is 4.99 Å². The van der Waals surface area contributed by atoms with Crippen LogP contribution in [0.4, 0.5) is 0 Å². The van der Waals surface area contributed by atoms with E-state index in [4.69, 9.17) is 11.6 Å². The highest BCUT2D eigenvalue weighted by atomic mass is 35.5. The molecule has 1 aliphatic heterocycles. The van der Waals surface area contributed by atoms with Gasteiger partial charge in [-0.2, -0.15) is 0 Å². The van der Waals surface area contributed by atoms with E-state index in [-0.39, 0.29) is 5.75 Å². The van der Waals surface area contributed by atoms with Crippen molar-refractivity contribution in [2.75, 3.05) is 39.8 Å². The number of quaternary nitrogens is 2. The number of hydrogen-bond donors (Lipinski definition) is 3. The van der Waals surface area contributed by atoms with Crippen molar-refractivity contribution in [3.05, 3.63) is 51.2 Å². The Morgan fingerprint density at radius 3 is 2.79 bits per heavy atom. The van der Waals surface area contributed by atoms with Crippen LogP contribution in [0.3, 0.4) is 0 Å². The topological polar surface area (TPSA) is 41.5 Å². The SMILES string of the molecule is C[NH+]1CC[NH+]([C@H](CN=Cc2cc(Cl)ccc2O)c2cccs2)CC1. The van der Waals surface area contributed by atoms with Crippen LogP contribution >= 0.6 is 22.9 Å². The Bertz CT molecular complexity index is 682. The number of rotatable bonds is 5. The Hall–Kier alpha value is -1.40. The maximum Gasteiger partial charge on any atom is 0.142 e. The minimum absolute atomic E-state index is 0.214. The first-order valence-corrected chi connectivity index (χ1v) is 9.57. The lowest BCUT2D eigenvalue weighted by molar-refractivity contribution is -1.02. The van der Waals surface area contributed by atoms with E-state index in [1.807, 2.05) is 0 Å². The standard InChI is InChI=1S/C18H22ClN3OS/c1-21-6-8-22(9-7-21)16(18-3-2-10-24-18)13-20-12-14-11-15(19)4-5-17(14)23/h2-5,10-12,16,23H,6-9,13H2,1H3/p+2/t16-/m1/s1. The highest BCUT2D eigenvalue weighted by Gasteiger charge is 2.29. The maximum atomic E-state index is 9.91. The average Bonchev–Trinajstić information content (AvgIpc) is 3.10. The number of nitrogens with zero attached hydrogens (tertiary/aromatic N) is 1. The number of hydrogen-bond acceptors (Lipinski definition) is 3. The largest absolute Gasteiger partial charge is 0.507 e. The molecule has 2 heterocycles. The summed E-state index contributed by atoms with van der Waals surface area (Å²) < 4.78 is 0. The number of phenols is 1. The predicted octanol–water partition coefficient (Wildman–Crippen LogP) is 0.681. The average molecular weight is 366 g/mol. The second-order valence-corrected chi connectivity index (χ2v) is 7.80. The summed E-state index contributed by atoms with van der Waals surface area (Å²) in [6.45, 7) is 5.48. The van der Waals surface area contributed by atoms with Crippen molar-refractivity contribution in [1.29, 1.82) is 0 Å². The van der Waals surface area contributed by atoms with E-state index in [1.165, 1.54) is 31.1 Å². The number of benzene rings is 1. The third-order valence-electron chi connectivity index (χ3n) is 4.63. The van der Waals surface area contributed by atoms with Crippen molar-refractivity contribution >= 4 is 29.2 Å². The van der Waals surface area contributed by atoms with Crippen LogP contribution in [0.2, 0.25) is 5.02 Å². The summed E-state index contributed by atoms with van der Waals surface area (Å²) in [6, 6.07) is 9.73. The molecular formula is C18H24ClN3OS+2. The fourth-order valence-electron chi connectivity index (χ4n) is 3.14. The smallest absolute Gasteiger partial charge is 0.142 e. The zero-order valence-electron chi connectivity index (χ0n) is 13.8. The van der Waals surface area contributed by atoms with Crippen LogP contribution in [0, 0.1) is 0 Å². The number of aliphatic imine (C=N–C) groups is 1. The van der Waals surface area contributed by atoms with Gasteiger partial charge in [0.25, 0.3) is 0 Å². The van der Waals surface area contributed by atoms with E-state index < -0.39 is 0 Å². The molecular weight excluding hydrogens is 342 g/mol. The summed E-state index contributed by atoms with van der Waals surface area (Å²) in [5, 5.41) is 12.6. The zero-order valence-corrected chi connectivity index (χ0v) is 15.4. The number of likely N-dealkylation sites (N-methyl/N-ethyl adjacent to an activating group) is 1. The molecule has 0 bridgehead atoms. The number of halogens is 1. The highest BCUT2D eigenvalue weighted by Crippen LogP contribution is 2.20. The lowest BCUT2D eigenvalue weighted by atomic mass is 10.1. The Morgan fingerprint density at radius 2 is 2.08 bits per heavy atom. The van der Waals surface area contributed by atoms with E-state index in [1.54, 1.807) is 45.6 Å². The van der Waals surface area contributed by atoms with E-state index in [0.29, 0.717) is 16.6 Å². The number of nitrogens with one attached hydrogen (secondary N) is 2. The monoisotopic (exact) mass is 365 g/mol. The fraction of sp³-hybridized carbons (Fsp3) is 0.389. The Labute approximate surface area is 152 Å². The van der Waals surface area contributed by atoms with Gasteiger partial charge in [0.1, 0.15) is 38.0 Å². The molecule has 1 saturated heterocycles. The molecule has 6 heteroatoms. The van der Waals surface area contributed by atoms with Gasteiger partial charge in [0, 0.05) is 16.8 Å². The number of aromatic hydroxyl groups is 1. The minimum atomic E-state index is 0.214. The van der Waals surface area contributed by atoms with E-state index in [2.05, 4.69) is 29.6 Å². The molecule has 2 aromatic rings. The molecule has 1 aromatic heterocycles. The van der Waals surface area contributed by atoms with Gasteiger partial charge < -0.3 is 14.9 Å².